The van der Waals surface area contributed by atoms with Gasteiger partial charge in [-0.3, -0.25) is 0 Å². The van der Waals surface area contributed by atoms with Gasteiger partial charge in [0.15, 0.2) is 0 Å². The normalized spacial score (nSPS) is 15.1. The van der Waals surface area contributed by atoms with Gasteiger partial charge in [0.05, 0.1) is 0 Å². The van der Waals surface area contributed by atoms with Crippen molar-refractivity contribution in [2.45, 2.75) is 135 Å². The first-order valence-electron chi connectivity index (χ1n) is 20.3. The minimum absolute atomic E-state index is 0.0179. The molecule has 4 aromatic rings. The van der Waals surface area contributed by atoms with Crippen molar-refractivity contribution in [1.82, 2.24) is 0 Å². The Bertz CT molecular complexity index is 1950. The zero-order valence-corrected chi connectivity index (χ0v) is 37.1. The molecule has 52 heavy (non-hydrogen) atoms. The third-order valence-corrected chi connectivity index (χ3v) is 31.5. The fourth-order valence-electron chi connectivity index (χ4n) is 10.3. The molecular weight excluding hydrogens is 704 g/mol. The predicted octanol–water partition coefficient (Wildman–Crippen LogP) is 15.4. The zero-order chi connectivity index (χ0) is 37.8. The van der Waals surface area contributed by atoms with Crippen molar-refractivity contribution in [3.05, 3.63) is 129 Å². The summed E-state index contributed by atoms with van der Waals surface area (Å²) >= 11 is -4.15. The molecule has 274 valence electrons. The molecule has 0 N–H and O–H groups in total. The SMILES string of the molecule is [CH2]=[Zr]([CH2]CCC)([CH2]CCC)([CH]1C=CC=C1)[CH]1c2cc(-c3cc(C)cc(C)c3)c(C(C)(C)C)cc2-c2cc(C(C)(C)C)c(-c3cc(C)cc(C)c3)cc21. The van der Waals surface area contributed by atoms with Gasteiger partial charge in [-0.25, -0.2) is 0 Å². The molecule has 0 nitrogen and oxygen atoms in total. The van der Waals surface area contributed by atoms with Crippen molar-refractivity contribution in [2.24, 2.45) is 0 Å². The fraction of sp³-hybridized carbons (Fsp3) is 0.431. The molecule has 0 unspecified atom stereocenters. The minimum atomic E-state index is -4.15. The molecule has 0 spiro atoms. The van der Waals surface area contributed by atoms with Crippen molar-refractivity contribution in [3.63, 3.8) is 0 Å². The van der Waals surface area contributed by atoms with Gasteiger partial charge in [-0.2, -0.15) is 0 Å². The van der Waals surface area contributed by atoms with Crippen LogP contribution in [0.25, 0.3) is 33.4 Å². The second kappa shape index (κ2) is 14.1. The van der Waals surface area contributed by atoms with Gasteiger partial charge in [0.1, 0.15) is 0 Å². The van der Waals surface area contributed by atoms with E-state index in [1.807, 2.05) is 0 Å². The Morgan fingerprint density at radius 1 is 0.519 bits per heavy atom. The van der Waals surface area contributed by atoms with E-state index in [9.17, 15) is 0 Å². The average molecular weight is 770 g/mol. The van der Waals surface area contributed by atoms with Crippen molar-refractivity contribution >= 4 is 4.21 Å². The number of aryl methyl sites for hydroxylation is 4. The van der Waals surface area contributed by atoms with E-state index in [2.05, 4.69) is 168 Å². The zero-order valence-electron chi connectivity index (χ0n) is 34.7. The van der Waals surface area contributed by atoms with Crippen LogP contribution in [-0.4, -0.2) is 4.21 Å². The summed E-state index contributed by atoms with van der Waals surface area (Å²) < 4.78 is 9.24. The molecule has 0 atom stereocenters. The first kappa shape index (κ1) is 38.8. The molecular formula is C51H66Zr. The average Bonchev–Trinajstić information content (AvgIpc) is 3.72. The van der Waals surface area contributed by atoms with Crippen LogP contribution in [0.5, 0.6) is 0 Å². The Labute approximate surface area is 318 Å². The van der Waals surface area contributed by atoms with Gasteiger partial charge >= 0.3 is 320 Å². The van der Waals surface area contributed by atoms with Crippen LogP contribution in [0.1, 0.15) is 129 Å². The summed E-state index contributed by atoms with van der Waals surface area (Å²) in [5.74, 6) is 0. The van der Waals surface area contributed by atoms with E-state index >= 15 is 0 Å². The molecule has 0 heterocycles. The standard InChI is InChI=1S/C37H41.C5H5.2C4H9.CH2.Zr/c1-22-11-23(2)14-26(13-22)32-18-28-17-29-19-33(27-15-24(3)12-25(4)16-27)35(37(8,9)10)21-31(29)30(28)20-34(32)36(5,6)7;1-2-4-5-3-1;2*1-3-4-2;;/h11-21H,1-10H3;1-5H;2*1,3-4H2,2H3;1H2;. The van der Waals surface area contributed by atoms with Crippen LogP contribution in [0, 0.1) is 27.7 Å². The van der Waals surface area contributed by atoms with E-state index in [1.54, 1.807) is 11.1 Å². The summed E-state index contributed by atoms with van der Waals surface area (Å²) in [6, 6.07) is 25.0. The molecule has 0 aliphatic heterocycles. The summed E-state index contributed by atoms with van der Waals surface area (Å²) in [6.07, 6.45) is 14.8. The van der Waals surface area contributed by atoms with E-state index < -0.39 is 18.3 Å². The molecule has 0 saturated heterocycles. The Hall–Kier alpha value is -2.89. The Morgan fingerprint density at radius 2 is 0.885 bits per heavy atom. The first-order chi connectivity index (χ1) is 24.4. The summed E-state index contributed by atoms with van der Waals surface area (Å²) in [5, 5.41) is 0. The van der Waals surface area contributed by atoms with Crippen LogP contribution >= 0.6 is 0 Å². The van der Waals surface area contributed by atoms with E-state index in [0.717, 1.165) is 0 Å². The number of hydrogen-bond donors (Lipinski definition) is 0. The monoisotopic (exact) mass is 768 g/mol. The Balaban J connectivity index is 1.81. The Kier molecular flexibility index (Phi) is 10.5. The summed E-state index contributed by atoms with van der Waals surface area (Å²) in [5.41, 5.74) is 19.8. The van der Waals surface area contributed by atoms with Crippen LogP contribution in [0.2, 0.25) is 11.9 Å². The summed E-state index contributed by atoms with van der Waals surface area (Å²) in [6.45, 7) is 28.2. The maximum atomic E-state index is 5.85. The second-order valence-electron chi connectivity index (χ2n) is 19.3. The van der Waals surface area contributed by atoms with Gasteiger partial charge in [-0.15, -0.1) is 0 Å². The second-order valence-corrected chi connectivity index (χ2v) is 35.3. The number of hydrogen-bond acceptors (Lipinski definition) is 0. The van der Waals surface area contributed by atoms with Crippen LogP contribution < -0.4 is 0 Å². The first-order valence-corrected chi connectivity index (χ1v) is 28.4. The fourth-order valence-corrected chi connectivity index (χ4v) is 29.5. The van der Waals surface area contributed by atoms with Crippen LogP contribution in [-0.2, 0) is 29.1 Å². The van der Waals surface area contributed by atoms with Gasteiger partial charge in [-0.05, 0) is 0 Å². The quantitative estimate of drug-likeness (QED) is 0.151. The third-order valence-electron chi connectivity index (χ3n) is 12.7. The molecule has 4 aromatic carbocycles. The molecule has 0 fully saturated rings. The van der Waals surface area contributed by atoms with E-state index in [-0.39, 0.29) is 10.8 Å². The number of fused-ring (bicyclic) bond motifs is 3. The predicted molar refractivity (Wildman–Crippen MR) is 230 cm³/mol. The molecule has 2 aliphatic carbocycles. The van der Waals surface area contributed by atoms with Gasteiger partial charge in [-0.1, -0.05) is 0 Å². The number of allylic oxidation sites excluding steroid dienone is 4. The van der Waals surface area contributed by atoms with E-state index in [4.69, 9.17) is 4.21 Å². The molecule has 0 aromatic heterocycles. The van der Waals surface area contributed by atoms with Crippen LogP contribution in [0.15, 0.2) is 85.0 Å². The topological polar surface area (TPSA) is 0 Å². The maximum absolute atomic E-state index is 5.85. The molecule has 0 bridgehead atoms. The van der Waals surface area contributed by atoms with Gasteiger partial charge in [0.25, 0.3) is 0 Å². The van der Waals surface area contributed by atoms with Gasteiger partial charge in [0.2, 0.25) is 0 Å². The van der Waals surface area contributed by atoms with Crippen molar-refractivity contribution < 1.29 is 18.3 Å². The van der Waals surface area contributed by atoms with Crippen molar-refractivity contribution in [1.29, 1.82) is 0 Å². The number of benzene rings is 4. The summed E-state index contributed by atoms with van der Waals surface area (Å²) in [4.78, 5) is 0. The molecule has 2 aliphatic rings. The van der Waals surface area contributed by atoms with E-state index in [1.165, 1.54) is 101 Å². The molecule has 6 rings (SSSR count). The van der Waals surface area contributed by atoms with Crippen LogP contribution in [0.3, 0.4) is 0 Å². The van der Waals surface area contributed by atoms with Crippen LogP contribution in [0.4, 0.5) is 0 Å². The van der Waals surface area contributed by atoms with E-state index in [0.29, 0.717) is 7.25 Å². The van der Waals surface area contributed by atoms with Gasteiger partial charge < -0.3 is 0 Å². The number of rotatable bonds is 10. The van der Waals surface area contributed by atoms with Gasteiger partial charge in [0, 0.05) is 0 Å². The third kappa shape index (κ3) is 6.94. The Morgan fingerprint density at radius 3 is 1.21 bits per heavy atom. The molecule has 0 amide bonds. The van der Waals surface area contributed by atoms with Crippen molar-refractivity contribution in [3.8, 4) is 33.4 Å². The summed E-state index contributed by atoms with van der Waals surface area (Å²) in [7, 11) is 0. The molecule has 0 saturated carbocycles. The van der Waals surface area contributed by atoms with Crippen molar-refractivity contribution in [2.75, 3.05) is 0 Å². The molecule has 1 heteroatoms. The molecule has 0 radical (unpaired) electrons. The number of unbranched alkanes of at least 4 members (excludes halogenated alkanes) is 2.